The van der Waals surface area contributed by atoms with Gasteiger partial charge in [0.1, 0.15) is 11.9 Å². The fourth-order valence-electron chi connectivity index (χ4n) is 1.71. The summed E-state index contributed by atoms with van der Waals surface area (Å²) in [7, 11) is 0. The largest absolute Gasteiger partial charge is 0.383 e. The summed E-state index contributed by atoms with van der Waals surface area (Å²) < 4.78 is 78.8. The van der Waals surface area contributed by atoms with Crippen LogP contribution in [0.4, 0.5) is 26.3 Å². The van der Waals surface area contributed by atoms with E-state index in [1.54, 1.807) is 0 Å². The summed E-state index contributed by atoms with van der Waals surface area (Å²) in [4.78, 5) is 0. The van der Waals surface area contributed by atoms with Crippen molar-refractivity contribution in [2.75, 3.05) is 0 Å². The van der Waals surface area contributed by atoms with Gasteiger partial charge in [-0.1, -0.05) is 12.1 Å². The first-order valence-electron chi connectivity index (χ1n) is 5.29. The van der Waals surface area contributed by atoms with Crippen LogP contribution in [0.15, 0.2) is 24.3 Å². The van der Waals surface area contributed by atoms with Gasteiger partial charge in [-0.15, -0.1) is 0 Å². The molecule has 7 heteroatoms. The molecule has 0 fully saturated rings. The summed E-state index contributed by atoms with van der Waals surface area (Å²) >= 11 is 0. The van der Waals surface area contributed by atoms with Gasteiger partial charge >= 0.3 is 0 Å². The first-order chi connectivity index (χ1) is 9.34. The van der Waals surface area contributed by atoms with E-state index in [4.69, 9.17) is 0 Å². The fraction of sp³-hybridized carbons (Fsp3) is 0.0769. The van der Waals surface area contributed by atoms with Crippen molar-refractivity contribution in [3.05, 3.63) is 70.3 Å². The molecule has 0 aliphatic heterocycles. The van der Waals surface area contributed by atoms with Crippen LogP contribution in [0, 0.1) is 34.9 Å². The van der Waals surface area contributed by atoms with Crippen LogP contribution in [0.5, 0.6) is 0 Å². The van der Waals surface area contributed by atoms with Crippen molar-refractivity contribution in [2.24, 2.45) is 0 Å². The summed E-state index contributed by atoms with van der Waals surface area (Å²) in [6.07, 6.45) is -2.18. The molecule has 0 amide bonds. The summed E-state index contributed by atoms with van der Waals surface area (Å²) in [5, 5.41) is 9.72. The van der Waals surface area contributed by atoms with E-state index in [1.807, 2.05) is 0 Å². The average molecular weight is 292 g/mol. The maximum absolute atomic E-state index is 13.5. The number of hydrogen-bond donors (Lipinski definition) is 1. The zero-order valence-corrected chi connectivity index (χ0v) is 9.60. The molecule has 0 bridgehead atoms. The minimum absolute atomic E-state index is 0.340. The van der Waals surface area contributed by atoms with E-state index >= 15 is 0 Å². The SMILES string of the molecule is OC(c1cccc(F)c1)c1c(F)c(F)c(F)c(F)c1F. The molecular formula is C13H6F6O. The molecule has 1 atom stereocenters. The molecule has 0 aliphatic carbocycles. The predicted molar refractivity (Wildman–Crippen MR) is 56.7 cm³/mol. The monoisotopic (exact) mass is 292 g/mol. The Hall–Kier alpha value is -2.02. The second kappa shape index (κ2) is 5.16. The van der Waals surface area contributed by atoms with Crippen LogP contribution in [-0.2, 0) is 0 Å². The molecule has 106 valence electrons. The highest BCUT2D eigenvalue weighted by atomic mass is 19.2. The van der Waals surface area contributed by atoms with Crippen LogP contribution in [-0.4, -0.2) is 5.11 Å². The van der Waals surface area contributed by atoms with Crippen molar-refractivity contribution < 1.29 is 31.4 Å². The highest BCUT2D eigenvalue weighted by Crippen LogP contribution is 2.31. The Morgan fingerprint density at radius 1 is 0.750 bits per heavy atom. The topological polar surface area (TPSA) is 20.2 Å². The minimum atomic E-state index is -2.32. The Morgan fingerprint density at radius 3 is 1.75 bits per heavy atom. The van der Waals surface area contributed by atoms with Gasteiger partial charge in [-0.2, -0.15) is 0 Å². The lowest BCUT2D eigenvalue weighted by atomic mass is 9.99. The molecule has 20 heavy (non-hydrogen) atoms. The zero-order chi connectivity index (χ0) is 15.0. The standard InChI is InChI=1S/C13H6F6O/c14-6-3-1-2-5(4-6)13(20)7-8(15)10(17)12(19)11(18)9(7)16/h1-4,13,20H. The maximum Gasteiger partial charge on any atom is 0.200 e. The smallest absolute Gasteiger partial charge is 0.200 e. The number of halogens is 6. The lowest BCUT2D eigenvalue weighted by Gasteiger charge is -2.14. The summed E-state index contributed by atoms with van der Waals surface area (Å²) in [5.74, 6) is -11.8. The van der Waals surface area contributed by atoms with Crippen molar-refractivity contribution in [2.45, 2.75) is 6.10 Å². The van der Waals surface area contributed by atoms with Gasteiger partial charge < -0.3 is 5.11 Å². The number of aliphatic hydroxyl groups excluding tert-OH is 1. The van der Waals surface area contributed by atoms with Gasteiger partial charge in [-0.05, 0) is 17.7 Å². The number of aliphatic hydroxyl groups is 1. The Kier molecular flexibility index (Phi) is 3.71. The molecule has 0 radical (unpaired) electrons. The van der Waals surface area contributed by atoms with Crippen LogP contribution in [0.1, 0.15) is 17.2 Å². The average Bonchev–Trinajstić information content (AvgIpc) is 2.43. The van der Waals surface area contributed by atoms with Gasteiger partial charge in [0, 0.05) is 0 Å². The summed E-state index contributed by atoms with van der Waals surface area (Å²) in [6, 6.07) is 3.93. The number of rotatable bonds is 2. The van der Waals surface area contributed by atoms with E-state index in [0.717, 1.165) is 24.3 Å². The molecule has 1 N–H and O–H groups in total. The van der Waals surface area contributed by atoms with Crippen LogP contribution >= 0.6 is 0 Å². The molecule has 2 aromatic rings. The lowest BCUT2D eigenvalue weighted by Crippen LogP contribution is -2.12. The molecule has 2 aromatic carbocycles. The summed E-state index contributed by atoms with van der Waals surface area (Å²) in [5.41, 5.74) is -1.76. The molecule has 0 spiro atoms. The van der Waals surface area contributed by atoms with E-state index in [-0.39, 0.29) is 5.56 Å². The molecule has 1 unspecified atom stereocenters. The van der Waals surface area contributed by atoms with E-state index in [2.05, 4.69) is 0 Å². The second-order valence-corrected chi connectivity index (χ2v) is 3.94. The van der Waals surface area contributed by atoms with Gasteiger partial charge in [0.2, 0.25) is 5.82 Å². The minimum Gasteiger partial charge on any atom is -0.383 e. The lowest BCUT2D eigenvalue weighted by molar-refractivity contribution is 0.202. The van der Waals surface area contributed by atoms with Crippen molar-refractivity contribution in [3.63, 3.8) is 0 Å². The van der Waals surface area contributed by atoms with E-state index in [9.17, 15) is 31.4 Å². The molecule has 0 aromatic heterocycles. The Morgan fingerprint density at radius 2 is 1.25 bits per heavy atom. The number of benzene rings is 2. The molecule has 0 aliphatic rings. The van der Waals surface area contributed by atoms with Crippen molar-refractivity contribution in [1.82, 2.24) is 0 Å². The van der Waals surface area contributed by atoms with Crippen molar-refractivity contribution in [1.29, 1.82) is 0 Å². The molecule has 2 rings (SSSR count). The van der Waals surface area contributed by atoms with Gasteiger partial charge in [0.25, 0.3) is 0 Å². The van der Waals surface area contributed by atoms with Crippen LogP contribution in [0.3, 0.4) is 0 Å². The van der Waals surface area contributed by atoms with E-state index in [0.29, 0.717) is 0 Å². The Balaban J connectivity index is 2.64. The maximum atomic E-state index is 13.5. The van der Waals surface area contributed by atoms with Gasteiger partial charge in [0.15, 0.2) is 23.3 Å². The third-order valence-corrected chi connectivity index (χ3v) is 2.68. The fourth-order valence-corrected chi connectivity index (χ4v) is 1.71. The molecule has 0 saturated heterocycles. The van der Waals surface area contributed by atoms with Crippen molar-refractivity contribution >= 4 is 0 Å². The molecular weight excluding hydrogens is 286 g/mol. The van der Waals surface area contributed by atoms with E-state index in [1.165, 1.54) is 0 Å². The molecule has 0 saturated carbocycles. The van der Waals surface area contributed by atoms with Gasteiger partial charge in [-0.25, -0.2) is 26.3 Å². The van der Waals surface area contributed by atoms with Crippen molar-refractivity contribution in [3.8, 4) is 0 Å². The van der Waals surface area contributed by atoms with Crippen LogP contribution in [0.25, 0.3) is 0 Å². The second-order valence-electron chi connectivity index (χ2n) is 3.94. The molecule has 1 nitrogen and oxygen atoms in total. The Labute approximate surface area is 109 Å². The first-order valence-corrected chi connectivity index (χ1v) is 5.29. The number of hydrogen-bond acceptors (Lipinski definition) is 1. The van der Waals surface area contributed by atoms with Gasteiger partial charge in [-0.3, -0.25) is 0 Å². The quantitative estimate of drug-likeness (QED) is 0.509. The third-order valence-electron chi connectivity index (χ3n) is 2.68. The highest BCUT2D eigenvalue weighted by Gasteiger charge is 2.30. The van der Waals surface area contributed by atoms with Crippen LogP contribution < -0.4 is 0 Å². The predicted octanol–water partition coefficient (Wildman–Crippen LogP) is 3.60. The van der Waals surface area contributed by atoms with E-state index < -0.39 is 46.6 Å². The first kappa shape index (κ1) is 14.4. The Bertz CT molecular complexity index is 641. The molecule has 0 heterocycles. The highest BCUT2D eigenvalue weighted by molar-refractivity contribution is 5.33. The summed E-state index contributed by atoms with van der Waals surface area (Å²) in [6.45, 7) is 0. The van der Waals surface area contributed by atoms with Crippen LogP contribution in [0.2, 0.25) is 0 Å². The zero-order valence-electron chi connectivity index (χ0n) is 9.60. The van der Waals surface area contributed by atoms with Gasteiger partial charge in [0.05, 0.1) is 5.56 Å². The normalized spacial score (nSPS) is 12.6. The third kappa shape index (κ3) is 2.24.